The third-order valence-electron chi connectivity index (χ3n) is 6.03. The van der Waals surface area contributed by atoms with Gasteiger partial charge in [0.05, 0.1) is 5.69 Å². The minimum absolute atomic E-state index is 0.196. The van der Waals surface area contributed by atoms with Crippen molar-refractivity contribution in [2.75, 3.05) is 26.2 Å². The molecule has 1 aromatic heterocycles. The molecular formula is C24H33FN4O2. The van der Waals surface area contributed by atoms with Gasteiger partial charge in [0.2, 0.25) is 0 Å². The Morgan fingerprint density at radius 3 is 2.61 bits per heavy atom. The van der Waals surface area contributed by atoms with Crippen molar-refractivity contribution >= 4 is 6.09 Å². The minimum atomic E-state index is -0.475. The Kier molecular flexibility index (Phi) is 6.06. The molecule has 0 bridgehead atoms. The van der Waals surface area contributed by atoms with Gasteiger partial charge in [-0.25, -0.2) is 14.2 Å². The Labute approximate surface area is 183 Å². The SMILES string of the molecule is Cc1cc(-c2cn(CC3CN(C(=O)OC(C)(C)C)C3)c(C3CCNCC3)n2)ccc1F. The first-order chi connectivity index (χ1) is 14.7. The molecule has 3 heterocycles. The number of hydrogen-bond donors (Lipinski definition) is 1. The second-order valence-electron chi connectivity index (χ2n) is 9.88. The molecule has 7 heteroatoms. The molecule has 1 amide bonds. The number of hydrogen-bond acceptors (Lipinski definition) is 4. The highest BCUT2D eigenvalue weighted by Crippen LogP contribution is 2.31. The van der Waals surface area contributed by atoms with Crippen molar-refractivity contribution in [2.24, 2.45) is 5.92 Å². The highest BCUT2D eigenvalue weighted by Gasteiger charge is 2.34. The molecule has 0 aliphatic carbocycles. The van der Waals surface area contributed by atoms with Gasteiger partial charge in [-0.05, 0) is 77.4 Å². The molecular weight excluding hydrogens is 395 g/mol. The van der Waals surface area contributed by atoms with E-state index in [1.807, 2.05) is 26.8 Å². The normalized spacial score (nSPS) is 18.2. The van der Waals surface area contributed by atoms with Crippen LogP contribution in [-0.2, 0) is 11.3 Å². The van der Waals surface area contributed by atoms with E-state index < -0.39 is 5.60 Å². The van der Waals surface area contributed by atoms with Gasteiger partial charge in [0.25, 0.3) is 0 Å². The second kappa shape index (κ2) is 8.61. The minimum Gasteiger partial charge on any atom is -0.444 e. The van der Waals surface area contributed by atoms with E-state index in [1.54, 1.807) is 17.9 Å². The number of imidazole rings is 1. The van der Waals surface area contributed by atoms with E-state index in [0.717, 1.165) is 49.6 Å². The van der Waals surface area contributed by atoms with Gasteiger partial charge in [0, 0.05) is 43.2 Å². The van der Waals surface area contributed by atoms with Crippen molar-refractivity contribution in [3.8, 4) is 11.3 Å². The van der Waals surface area contributed by atoms with E-state index in [9.17, 15) is 9.18 Å². The zero-order valence-electron chi connectivity index (χ0n) is 18.9. The summed E-state index contributed by atoms with van der Waals surface area (Å²) in [4.78, 5) is 19.0. The summed E-state index contributed by atoms with van der Waals surface area (Å²) in [5, 5.41) is 3.42. The topological polar surface area (TPSA) is 59.4 Å². The lowest BCUT2D eigenvalue weighted by atomic mass is 9.96. The third kappa shape index (κ3) is 5.09. The summed E-state index contributed by atoms with van der Waals surface area (Å²) in [6.45, 7) is 11.7. The summed E-state index contributed by atoms with van der Waals surface area (Å²) in [5.41, 5.74) is 1.98. The Morgan fingerprint density at radius 2 is 1.97 bits per heavy atom. The van der Waals surface area contributed by atoms with Crippen LogP contribution in [0, 0.1) is 18.7 Å². The molecule has 2 fully saturated rings. The quantitative estimate of drug-likeness (QED) is 0.787. The summed E-state index contributed by atoms with van der Waals surface area (Å²) in [7, 11) is 0. The van der Waals surface area contributed by atoms with Crippen LogP contribution in [0.5, 0.6) is 0 Å². The van der Waals surface area contributed by atoms with Crippen LogP contribution in [0.25, 0.3) is 11.3 Å². The van der Waals surface area contributed by atoms with E-state index >= 15 is 0 Å². The number of carbonyl (C=O) groups excluding carboxylic acids is 1. The number of amides is 1. The molecule has 2 saturated heterocycles. The molecule has 1 aromatic carbocycles. The van der Waals surface area contributed by atoms with Crippen molar-refractivity contribution in [2.45, 2.75) is 58.6 Å². The molecule has 0 atom stereocenters. The fourth-order valence-electron chi connectivity index (χ4n) is 4.36. The molecule has 0 radical (unpaired) electrons. The van der Waals surface area contributed by atoms with Crippen molar-refractivity contribution in [1.29, 1.82) is 0 Å². The zero-order chi connectivity index (χ0) is 22.2. The van der Waals surface area contributed by atoms with Gasteiger partial charge >= 0.3 is 6.09 Å². The molecule has 0 saturated carbocycles. The number of nitrogens with one attached hydrogen (secondary N) is 1. The molecule has 1 N–H and O–H groups in total. The van der Waals surface area contributed by atoms with Crippen LogP contribution in [0.3, 0.4) is 0 Å². The second-order valence-corrected chi connectivity index (χ2v) is 9.88. The monoisotopic (exact) mass is 428 g/mol. The van der Waals surface area contributed by atoms with Crippen LogP contribution < -0.4 is 5.32 Å². The summed E-state index contributed by atoms with van der Waals surface area (Å²) >= 11 is 0. The van der Waals surface area contributed by atoms with Gasteiger partial charge in [-0.2, -0.15) is 0 Å². The highest BCUT2D eigenvalue weighted by molar-refractivity contribution is 5.69. The van der Waals surface area contributed by atoms with Gasteiger partial charge in [-0.3, -0.25) is 0 Å². The number of halogens is 1. The fraction of sp³-hybridized carbons (Fsp3) is 0.583. The number of nitrogens with zero attached hydrogens (tertiary/aromatic N) is 3. The number of carbonyl (C=O) groups is 1. The van der Waals surface area contributed by atoms with Crippen molar-refractivity contribution < 1.29 is 13.9 Å². The number of likely N-dealkylation sites (tertiary alicyclic amines) is 1. The van der Waals surface area contributed by atoms with E-state index in [-0.39, 0.29) is 11.9 Å². The number of aromatic nitrogens is 2. The Hall–Kier alpha value is -2.41. The number of rotatable bonds is 4. The molecule has 6 nitrogen and oxygen atoms in total. The lowest BCUT2D eigenvalue weighted by Crippen LogP contribution is -2.52. The van der Waals surface area contributed by atoms with Gasteiger partial charge < -0.3 is 19.5 Å². The van der Waals surface area contributed by atoms with Crippen LogP contribution >= 0.6 is 0 Å². The first-order valence-corrected chi connectivity index (χ1v) is 11.2. The van der Waals surface area contributed by atoms with Gasteiger partial charge in [-0.1, -0.05) is 0 Å². The maximum absolute atomic E-state index is 13.7. The third-order valence-corrected chi connectivity index (χ3v) is 6.03. The van der Waals surface area contributed by atoms with Gasteiger partial charge in [0.1, 0.15) is 17.2 Å². The molecule has 2 aliphatic rings. The average molecular weight is 429 g/mol. The fourth-order valence-corrected chi connectivity index (χ4v) is 4.36. The number of piperidine rings is 1. The molecule has 31 heavy (non-hydrogen) atoms. The van der Waals surface area contributed by atoms with Crippen LogP contribution in [-0.4, -0.2) is 52.3 Å². The van der Waals surface area contributed by atoms with E-state index in [1.165, 1.54) is 6.07 Å². The van der Waals surface area contributed by atoms with E-state index in [0.29, 0.717) is 30.5 Å². The molecule has 4 rings (SSSR count). The lowest BCUT2D eigenvalue weighted by Gasteiger charge is -2.40. The Bertz CT molecular complexity index is 938. The maximum Gasteiger partial charge on any atom is 0.410 e. The molecule has 2 aromatic rings. The molecule has 0 spiro atoms. The maximum atomic E-state index is 13.7. The molecule has 2 aliphatic heterocycles. The summed E-state index contributed by atoms with van der Waals surface area (Å²) in [6.07, 6.45) is 3.98. The molecule has 168 valence electrons. The van der Waals surface area contributed by atoms with Crippen LogP contribution in [0.1, 0.15) is 50.9 Å². The summed E-state index contributed by atoms with van der Waals surface area (Å²) in [6, 6.07) is 5.18. The van der Waals surface area contributed by atoms with Crippen LogP contribution in [0.2, 0.25) is 0 Å². The van der Waals surface area contributed by atoms with E-state index in [2.05, 4.69) is 16.1 Å². The summed E-state index contributed by atoms with van der Waals surface area (Å²) in [5.74, 6) is 1.70. The number of benzene rings is 1. The predicted octanol–water partition coefficient (Wildman–Crippen LogP) is 4.33. The largest absolute Gasteiger partial charge is 0.444 e. The van der Waals surface area contributed by atoms with Crippen LogP contribution in [0.15, 0.2) is 24.4 Å². The van der Waals surface area contributed by atoms with Crippen molar-refractivity contribution in [1.82, 2.24) is 19.8 Å². The Balaban J connectivity index is 1.50. The van der Waals surface area contributed by atoms with Crippen LogP contribution in [0.4, 0.5) is 9.18 Å². The Morgan fingerprint density at radius 1 is 1.26 bits per heavy atom. The number of ether oxygens (including phenoxy) is 1. The first kappa shape index (κ1) is 21.8. The predicted molar refractivity (Wildman–Crippen MR) is 118 cm³/mol. The standard InChI is InChI=1S/C24H33FN4O2/c1-16-11-19(5-6-20(16)25)21-15-28(22(27-21)18-7-9-26-10-8-18)12-17-13-29(14-17)23(30)31-24(2,3)4/h5-6,11,15,17-18,26H,7-10,12-14H2,1-4H3. The van der Waals surface area contributed by atoms with Crippen molar-refractivity contribution in [3.05, 3.63) is 41.6 Å². The zero-order valence-corrected chi connectivity index (χ0v) is 18.9. The summed E-state index contributed by atoms with van der Waals surface area (Å²) < 4.78 is 21.5. The number of aryl methyl sites for hydroxylation is 1. The molecule has 0 unspecified atom stereocenters. The van der Waals surface area contributed by atoms with Gasteiger partial charge in [0.15, 0.2) is 0 Å². The van der Waals surface area contributed by atoms with Crippen molar-refractivity contribution in [3.63, 3.8) is 0 Å². The first-order valence-electron chi connectivity index (χ1n) is 11.2. The highest BCUT2D eigenvalue weighted by atomic mass is 19.1. The lowest BCUT2D eigenvalue weighted by molar-refractivity contribution is -0.00349. The average Bonchev–Trinajstić information content (AvgIpc) is 3.09. The smallest absolute Gasteiger partial charge is 0.410 e. The van der Waals surface area contributed by atoms with Gasteiger partial charge in [-0.15, -0.1) is 0 Å². The van der Waals surface area contributed by atoms with E-state index in [4.69, 9.17) is 9.72 Å².